The summed E-state index contributed by atoms with van der Waals surface area (Å²) >= 11 is 0. The minimum Gasteiger partial charge on any atom is -0.497 e. The fourth-order valence-corrected chi connectivity index (χ4v) is 3.45. The number of methoxy groups -OCH3 is 2. The van der Waals surface area contributed by atoms with Gasteiger partial charge in [0.1, 0.15) is 11.5 Å². The van der Waals surface area contributed by atoms with E-state index in [1.807, 2.05) is 4.90 Å². The molecule has 1 aliphatic heterocycles. The molecule has 1 N–H and O–H groups in total. The fourth-order valence-electron chi connectivity index (χ4n) is 3.45. The van der Waals surface area contributed by atoms with Gasteiger partial charge in [-0.25, -0.2) is 0 Å². The molecule has 2 aromatic carbocycles. The Kier molecular flexibility index (Phi) is 5.89. The summed E-state index contributed by atoms with van der Waals surface area (Å²) in [5, 5.41) is 3.65. The molecule has 1 aliphatic rings. The van der Waals surface area contributed by atoms with Gasteiger partial charge in [-0.05, 0) is 56.0 Å². The summed E-state index contributed by atoms with van der Waals surface area (Å²) in [5.74, 6) is 1.28. The van der Waals surface area contributed by atoms with Gasteiger partial charge in [0.05, 0.1) is 14.2 Å². The smallest absolute Gasteiger partial charge is 0.254 e. The minimum atomic E-state index is 0.0254. The summed E-state index contributed by atoms with van der Waals surface area (Å²) < 4.78 is 10.6. The first-order valence-corrected chi connectivity index (χ1v) is 9.36. The lowest BCUT2D eigenvalue weighted by atomic mass is 10.0. The van der Waals surface area contributed by atoms with Crippen LogP contribution in [0.1, 0.15) is 34.3 Å². The largest absolute Gasteiger partial charge is 0.497 e. The van der Waals surface area contributed by atoms with E-state index in [0.717, 1.165) is 25.9 Å². The number of rotatable bonds is 5. The Hall–Kier alpha value is -2.69. The lowest BCUT2D eigenvalue weighted by Crippen LogP contribution is -2.42. The molecule has 0 unspecified atom stereocenters. The van der Waals surface area contributed by atoms with E-state index >= 15 is 0 Å². The van der Waals surface area contributed by atoms with E-state index in [2.05, 4.69) is 37.4 Å². The van der Waals surface area contributed by atoms with Gasteiger partial charge in [0.2, 0.25) is 0 Å². The molecule has 27 heavy (non-hydrogen) atoms. The van der Waals surface area contributed by atoms with Gasteiger partial charge >= 0.3 is 0 Å². The summed E-state index contributed by atoms with van der Waals surface area (Å²) in [5.41, 5.74) is 4.30. The van der Waals surface area contributed by atoms with E-state index in [9.17, 15) is 4.79 Å². The van der Waals surface area contributed by atoms with Crippen molar-refractivity contribution in [3.8, 4) is 11.5 Å². The highest BCUT2D eigenvalue weighted by Gasteiger charge is 2.24. The summed E-state index contributed by atoms with van der Waals surface area (Å²) in [7, 11) is 3.18. The molecule has 0 spiro atoms. The van der Waals surface area contributed by atoms with Gasteiger partial charge in [-0.15, -0.1) is 0 Å². The zero-order valence-electron chi connectivity index (χ0n) is 16.5. The molecule has 1 saturated heterocycles. The Balaban J connectivity index is 1.63. The number of anilines is 1. The number of hydrogen-bond donors (Lipinski definition) is 1. The van der Waals surface area contributed by atoms with Gasteiger partial charge in [0, 0.05) is 36.4 Å². The first-order valence-electron chi connectivity index (χ1n) is 9.36. The van der Waals surface area contributed by atoms with Crippen molar-refractivity contribution in [2.24, 2.45) is 0 Å². The molecular weight excluding hydrogens is 340 g/mol. The van der Waals surface area contributed by atoms with Crippen molar-refractivity contribution in [2.45, 2.75) is 32.7 Å². The van der Waals surface area contributed by atoms with Crippen LogP contribution in [0.5, 0.6) is 11.5 Å². The molecule has 0 saturated carbocycles. The Morgan fingerprint density at radius 3 is 2.22 bits per heavy atom. The number of nitrogens with zero attached hydrogens (tertiary/aromatic N) is 1. The van der Waals surface area contributed by atoms with Crippen molar-refractivity contribution in [3.05, 3.63) is 53.1 Å². The summed E-state index contributed by atoms with van der Waals surface area (Å²) in [6, 6.07) is 12.2. The van der Waals surface area contributed by atoms with Crippen LogP contribution < -0.4 is 14.8 Å². The van der Waals surface area contributed by atoms with E-state index in [4.69, 9.17) is 9.47 Å². The van der Waals surface area contributed by atoms with Crippen LogP contribution in [0.2, 0.25) is 0 Å². The molecule has 0 radical (unpaired) electrons. The molecule has 0 aliphatic carbocycles. The zero-order valence-corrected chi connectivity index (χ0v) is 16.5. The van der Waals surface area contributed by atoms with Crippen LogP contribution in [0, 0.1) is 13.8 Å². The lowest BCUT2D eigenvalue weighted by molar-refractivity contribution is 0.0717. The number of benzene rings is 2. The van der Waals surface area contributed by atoms with Crippen LogP contribution in [0.15, 0.2) is 36.4 Å². The monoisotopic (exact) mass is 368 g/mol. The van der Waals surface area contributed by atoms with Gasteiger partial charge in [-0.1, -0.05) is 12.1 Å². The van der Waals surface area contributed by atoms with Crippen LogP contribution in [0.4, 0.5) is 5.69 Å². The number of piperidine rings is 1. The van der Waals surface area contributed by atoms with Gasteiger partial charge in [0.15, 0.2) is 0 Å². The summed E-state index contributed by atoms with van der Waals surface area (Å²) in [4.78, 5) is 14.8. The highest BCUT2D eigenvalue weighted by atomic mass is 16.5. The number of amides is 1. The summed E-state index contributed by atoms with van der Waals surface area (Å²) in [6.07, 6.45) is 1.86. The molecule has 1 heterocycles. The highest BCUT2D eigenvalue weighted by Crippen LogP contribution is 2.25. The van der Waals surface area contributed by atoms with E-state index in [1.54, 1.807) is 32.4 Å². The Bertz CT molecular complexity index is 789. The van der Waals surface area contributed by atoms with E-state index < -0.39 is 0 Å². The first kappa shape index (κ1) is 19.1. The molecule has 1 fully saturated rings. The number of nitrogens with one attached hydrogen (secondary N) is 1. The molecular formula is C22H28N2O3. The third-order valence-corrected chi connectivity index (χ3v) is 5.13. The summed E-state index contributed by atoms with van der Waals surface area (Å²) in [6.45, 7) is 5.70. The SMILES string of the molecule is COc1cc(OC)cc(C(=O)N2CCC(Nc3cc(C)ccc3C)CC2)c1. The number of ether oxygens (including phenoxy) is 2. The van der Waals surface area contributed by atoms with Crippen LogP contribution in [0.3, 0.4) is 0 Å². The lowest BCUT2D eigenvalue weighted by Gasteiger charge is -2.33. The van der Waals surface area contributed by atoms with Crippen LogP contribution in [0.25, 0.3) is 0 Å². The standard InChI is InChI=1S/C22H28N2O3/c1-15-5-6-16(2)21(11-15)23-18-7-9-24(10-8-18)22(25)17-12-19(26-3)14-20(13-17)27-4/h5-6,11-14,18,23H,7-10H2,1-4H3. The van der Waals surface area contributed by atoms with Gasteiger partial charge < -0.3 is 19.7 Å². The molecule has 0 aromatic heterocycles. The number of carbonyl (C=O) groups excluding carboxylic acids is 1. The van der Waals surface area contributed by atoms with Crippen molar-refractivity contribution in [2.75, 3.05) is 32.6 Å². The predicted octanol–water partition coefficient (Wildman–Crippen LogP) is 4.04. The maximum Gasteiger partial charge on any atom is 0.254 e. The van der Waals surface area contributed by atoms with Crippen LogP contribution in [-0.2, 0) is 0 Å². The second kappa shape index (κ2) is 8.33. The van der Waals surface area contributed by atoms with Crippen molar-refractivity contribution in [1.29, 1.82) is 0 Å². The van der Waals surface area contributed by atoms with E-state index in [-0.39, 0.29) is 5.91 Å². The van der Waals surface area contributed by atoms with E-state index in [1.165, 1.54) is 16.8 Å². The topological polar surface area (TPSA) is 50.8 Å². The molecule has 0 atom stereocenters. The van der Waals surface area contributed by atoms with Crippen molar-refractivity contribution >= 4 is 11.6 Å². The molecule has 5 heteroatoms. The maximum absolute atomic E-state index is 12.9. The molecule has 0 bridgehead atoms. The molecule has 144 valence electrons. The van der Waals surface area contributed by atoms with Crippen LogP contribution in [-0.4, -0.2) is 44.2 Å². The van der Waals surface area contributed by atoms with Gasteiger partial charge in [-0.3, -0.25) is 4.79 Å². The van der Waals surface area contributed by atoms with Gasteiger partial charge in [-0.2, -0.15) is 0 Å². The second-order valence-electron chi connectivity index (χ2n) is 7.13. The van der Waals surface area contributed by atoms with Crippen LogP contribution >= 0.6 is 0 Å². The molecule has 3 rings (SSSR count). The predicted molar refractivity (Wildman–Crippen MR) is 108 cm³/mol. The number of likely N-dealkylation sites (tertiary alicyclic amines) is 1. The molecule has 1 amide bonds. The third-order valence-electron chi connectivity index (χ3n) is 5.13. The fraction of sp³-hybridized carbons (Fsp3) is 0.409. The Morgan fingerprint density at radius 2 is 1.63 bits per heavy atom. The number of hydrogen-bond acceptors (Lipinski definition) is 4. The maximum atomic E-state index is 12.9. The highest BCUT2D eigenvalue weighted by molar-refractivity contribution is 5.95. The molecule has 5 nitrogen and oxygen atoms in total. The average molecular weight is 368 g/mol. The Morgan fingerprint density at radius 1 is 1.00 bits per heavy atom. The zero-order chi connectivity index (χ0) is 19.4. The number of aryl methyl sites for hydroxylation is 2. The second-order valence-corrected chi connectivity index (χ2v) is 7.13. The average Bonchev–Trinajstić information content (AvgIpc) is 2.70. The van der Waals surface area contributed by atoms with Crippen molar-refractivity contribution < 1.29 is 14.3 Å². The van der Waals surface area contributed by atoms with Crippen molar-refractivity contribution in [3.63, 3.8) is 0 Å². The van der Waals surface area contributed by atoms with Crippen molar-refractivity contribution in [1.82, 2.24) is 4.90 Å². The Labute approximate surface area is 161 Å². The quantitative estimate of drug-likeness (QED) is 0.865. The molecule has 2 aromatic rings. The third kappa shape index (κ3) is 4.54. The first-order chi connectivity index (χ1) is 13.0. The van der Waals surface area contributed by atoms with Gasteiger partial charge in [0.25, 0.3) is 5.91 Å². The number of carbonyl (C=O) groups is 1. The van der Waals surface area contributed by atoms with E-state index in [0.29, 0.717) is 23.1 Å². The normalized spacial score (nSPS) is 14.7. The minimum absolute atomic E-state index is 0.0254.